The number of rotatable bonds is 3. The summed E-state index contributed by atoms with van der Waals surface area (Å²) in [6, 6.07) is 4.88. The highest BCUT2D eigenvalue weighted by atomic mass is 16.5. The molecule has 2 rings (SSSR count). The number of amides is 2. The van der Waals surface area contributed by atoms with Gasteiger partial charge in [-0.2, -0.15) is 0 Å². The van der Waals surface area contributed by atoms with Gasteiger partial charge in [0, 0.05) is 30.8 Å². The summed E-state index contributed by atoms with van der Waals surface area (Å²) in [5.74, 6) is 0.398. The minimum absolute atomic E-state index is 0.0226. The molecule has 19 heavy (non-hydrogen) atoms. The third kappa shape index (κ3) is 3.15. The summed E-state index contributed by atoms with van der Waals surface area (Å²) in [5.41, 5.74) is 6.60. The molecule has 0 bridgehead atoms. The molecule has 0 aliphatic carbocycles. The van der Waals surface area contributed by atoms with Crippen molar-refractivity contribution in [3.63, 3.8) is 0 Å². The predicted octanol–water partition coefficient (Wildman–Crippen LogP) is 0.286. The normalized spacial score (nSPS) is 18.6. The van der Waals surface area contributed by atoms with Gasteiger partial charge in [-0.15, -0.1) is 0 Å². The molecule has 4 N–H and O–H groups in total. The summed E-state index contributed by atoms with van der Waals surface area (Å²) in [7, 11) is 1.54. The number of anilines is 1. The van der Waals surface area contributed by atoms with E-state index in [0.29, 0.717) is 36.4 Å². The molecule has 1 saturated heterocycles. The molecule has 102 valence electrons. The lowest BCUT2D eigenvalue weighted by Crippen LogP contribution is -2.47. The first-order valence-corrected chi connectivity index (χ1v) is 6.11. The largest absolute Gasteiger partial charge is 0.497 e. The second-order valence-electron chi connectivity index (χ2n) is 4.47. The Balaban J connectivity index is 2.01. The molecule has 1 fully saturated rings. The van der Waals surface area contributed by atoms with Gasteiger partial charge in [-0.1, -0.05) is 0 Å². The average Bonchev–Trinajstić information content (AvgIpc) is 2.41. The van der Waals surface area contributed by atoms with E-state index in [9.17, 15) is 9.59 Å². The van der Waals surface area contributed by atoms with E-state index in [2.05, 4.69) is 10.6 Å². The summed E-state index contributed by atoms with van der Waals surface area (Å²) in [6.07, 6.45) is 1.08. The van der Waals surface area contributed by atoms with E-state index in [0.717, 1.165) is 0 Å². The number of piperidine rings is 1. The molecule has 1 aliphatic rings. The van der Waals surface area contributed by atoms with Crippen LogP contribution in [0.15, 0.2) is 18.2 Å². The van der Waals surface area contributed by atoms with Gasteiger partial charge in [0.2, 0.25) is 5.91 Å². The molecule has 1 atom stereocenters. The smallest absolute Gasteiger partial charge is 0.253 e. The molecule has 0 spiro atoms. The van der Waals surface area contributed by atoms with Crippen molar-refractivity contribution in [2.75, 3.05) is 19.4 Å². The number of nitrogens with one attached hydrogen (secondary N) is 2. The van der Waals surface area contributed by atoms with Gasteiger partial charge in [0.15, 0.2) is 0 Å². The first-order valence-electron chi connectivity index (χ1n) is 6.11. The first kappa shape index (κ1) is 13.2. The minimum atomic E-state index is -0.235. The van der Waals surface area contributed by atoms with Crippen molar-refractivity contribution >= 4 is 17.5 Å². The Morgan fingerprint density at radius 3 is 2.89 bits per heavy atom. The second kappa shape index (κ2) is 5.60. The predicted molar refractivity (Wildman–Crippen MR) is 70.9 cm³/mol. The monoisotopic (exact) mass is 263 g/mol. The summed E-state index contributed by atoms with van der Waals surface area (Å²) >= 11 is 0. The van der Waals surface area contributed by atoms with E-state index in [1.54, 1.807) is 25.3 Å². The summed E-state index contributed by atoms with van der Waals surface area (Å²) in [6.45, 7) is 0.459. The Bertz CT molecular complexity index is 492. The number of ether oxygens (including phenoxy) is 1. The fraction of sp³-hybridized carbons (Fsp3) is 0.385. The summed E-state index contributed by atoms with van der Waals surface area (Å²) < 4.78 is 5.03. The topological polar surface area (TPSA) is 93.4 Å². The van der Waals surface area contributed by atoms with E-state index < -0.39 is 0 Å². The Kier molecular flexibility index (Phi) is 3.89. The maximum atomic E-state index is 12.1. The number of hydrogen-bond acceptors (Lipinski definition) is 4. The zero-order valence-electron chi connectivity index (χ0n) is 10.7. The summed E-state index contributed by atoms with van der Waals surface area (Å²) in [5, 5.41) is 5.58. The molecule has 0 radical (unpaired) electrons. The van der Waals surface area contributed by atoms with Crippen LogP contribution in [0.3, 0.4) is 0 Å². The van der Waals surface area contributed by atoms with E-state index in [1.165, 1.54) is 0 Å². The van der Waals surface area contributed by atoms with Crippen LogP contribution in [0.1, 0.15) is 23.2 Å². The molecule has 1 heterocycles. The van der Waals surface area contributed by atoms with Crippen LogP contribution < -0.4 is 21.1 Å². The minimum Gasteiger partial charge on any atom is -0.497 e. The lowest BCUT2D eigenvalue weighted by Gasteiger charge is -2.23. The molecular weight excluding hydrogens is 246 g/mol. The molecule has 1 aromatic carbocycles. The quantitative estimate of drug-likeness (QED) is 0.683. The maximum absolute atomic E-state index is 12.1. The average molecular weight is 263 g/mol. The zero-order chi connectivity index (χ0) is 13.8. The number of carbonyl (C=O) groups is 2. The van der Waals surface area contributed by atoms with Crippen LogP contribution in [0.25, 0.3) is 0 Å². The van der Waals surface area contributed by atoms with Crippen molar-refractivity contribution in [1.29, 1.82) is 0 Å². The third-order valence-corrected chi connectivity index (χ3v) is 3.10. The molecular formula is C13H17N3O3. The molecule has 6 heteroatoms. The van der Waals surface area contributed by atoms with Crippen LogP contribution in [0.4, 0.5) is 5.69 Å². The molecule has 0 saturated carbocycles. The van der Waals surface area contributed by atoms with Crippen LogP contribution in [-0.4, -0.2) is 31.5 Å². The Morgan fingerprint density at radius 1 is 1.53 bits per heavy atom. The standard InChI is InChI=1S/C13H17N3O3/c1-19-9-3-4-10(11(14)6-9)13(18)16-8-2-5-12(17)15-7-8/h3-4,6,8H,2,5,7,14H2,1H3,(H,15,17)(H,16,18). The number of methoxy groups -OCH3 is 1. The number of benzene rings is 1. The van der Waals surface area contributed by atoms with Crippen molar-refractivity contribution in [2.24, 2.45) is 0 Å². The number of nitrogens with two attached hydrogens (primary N) is 1. The Morgan fingerprint density at radius 2 is 2.32 bits per heavy atom. The summed E-state index contributed by atoms with van der Waals surface area (Å²) in [4.78, 5) is 23.1. The highest BCUT2D eigenvalue weighted by Crippen LogP contribution is 2.19. The zero-order valence-corrected chi connectivity index (χ0v) is 10.7. The number of nitrogen functional groups attached to an aromatic ring is 1. The van der Waals surface area contributed by atoms with Gasteiger partial charge in [-0.05, 0) is 18.6 Å². The highest BCUT2D eigenvalue weighted by Gasteiger charge is 2.21. The van der Waals surface area contributed by atoms with Crippen LogP contribution in [0.5, 0.6) is 5.75 Å². The molecule has 1 unspecified atom stereocenters. The van der Waals surface area contributed by atoms with Gasteiger partial charge in [-0.25, -0.2) is 0 Å². The third-order valence-electron chi connectivity index (χ3n) is 3.10. The lowest BCUT2D eigenvalue weighted by atomic mass is 10.1. The number of carbonyl (C=O) groups excluding carboxylic acids is 2. The van der Waals surface area contributed by atoms with E-state index in [-0.39, 0.29) is 17.9 Å². The lowest BCUT2D eigenvalue weighted by molar-refractivity contribution is -0.122. The molecule has 0 aromatic heterocycles. The fourth-order valence-corrected chi connectivity index (χ4v) is 1.99. The second-order valence-corrected chi connectivity index (χ2v) is 4.47. The van der Waals surface area contributed by atoms with Crippen molar-refractivity contribution in [2.45, 2.75) is 18.9 Å². The molecule has 6 nitrogen and oxygen atoms in total. The van der Waals surface area contributed by atoms with Crippen LogP contribution >= 0.6 is 0 Å². The van der Waals surface area contributed by atoms with Gasteiger partial charge < -0.3 is 21.1 Å². The van der Waals surface area contributed by atoms with E-state index in [1.807, 2.05) is 0 Å². The first-order chi connectivity index (χ1) is 9.10. The van der Waals surface area contributed by atoms with Gasteiger partial charge >= 0.3 is 0 Å². The van der Waals surface area contributed by atoms with Crippen molar-refractivity contribution in [3.05, 3.63) is 23.8 Å². The Labute approximate surface area is 111 Å². The molecule has 2 amide bonds. The van der Waals surface area contributed by atoms with Crippen molar-refractivity contribution < 1.29 is 14.3 Å². The van der Waals surface area contributed by atoms with Gasteiger partial charge in [0.05, 0.1) is 12.7 Å². The van der Waals surface area contributed by atoms with Crippen LogP contribution in [-0.2, 0) is 4.79 Å². The highest BCUT2D eigenvalue weighted by molar-refractivity contribution is 5.99. The van der Waals surface area contributed by atoms with Gasteiger partial charge in [0.1, 0.15) is 5.75 Å². The van der Waals surface area contributed by atoms with Crippen LogP contribution in [0.2, 0.25) is 0 Å². The molecule has 1 aromatic rings. The van der Waals surface area contributed by atoms with Crippen molar-refractivity contribution in [3.8, 4) is 5.75 Å². The van der Waals surface area contributed by atoms with Gasteiger partial charge in [0.25, 0.3) is 5.91 Å². The Hall–Kier alpha value is -2.24. The maximum Gasteiger partial charge on any atom is 0.253 e. The van der Waals surface area contributed by atoms with E-state index in [4.69, 9.17) is 10.5 Å². The molecule has 1 aliphatic heterocycles. The van der Waals surface area contributed by atoms with E-state index >= 15 is 0 Å². The van der Waals surface area contributed by atoms with Crippen molar-refractivity contribution in [1.82, 2.24) is 10.6 Å². The number of hydrogen-bond donors (Lipinski definition) is 3. The van der Waals surface area contributed by atoms with Crippen LogP contribution in [0, 0.1) is 0 Å². The fourth-order valence-electron chi connectivity index (χ4n) is 1.99. The SMILES string of the molecule is COc1ccc(C(=O)NC2CCC(=O)NC2)c(N)c1. The van der Waals surface area contributed by atoms with Gasteiger partial charge in [-0.3, -0.25) is 9.59 Å².